The largest absolute Gasteiger partial charge is 0.396 e. The van der Waals surface area contributed by atoms with Crippen molar-refractivity contribution in [3.8, 4) is 11.1 Å². The van der Waals surface area contributed by atoms with Gasteiger partial charge in [-0.15, -0.1) is 0 Å². The van der Waals surface area contributed by atoms with Crippen LogP contribution in [0.1, 0.15) is 30.9 Å². The van der Waals surface area contributed by atoms with E-state index in [1.54, 1.807) is 0 Å². The van der Waals surface area contributed by atoms with Crippen LogP contribution in [0.15, 0.2) is 48.5 Å². The Hall–Kier alpha value is -1.60. The molecule has 0 aliphatic heterocycles. The van der Waals surface area contributed by atoms with Crippen LogP contribution in [-0.2, 0) is 12.8 Å². The van der Waals surface area contributed by atoms with Gasteiger partial charge in [-0.05, 0) is 41.5 Å². The fourth-order valence-electron chi connectivity index (χ4n) is 2.28. The normalized spacial score (nSPS) is 10.6. The van der Waals surface area contributed by atoms with Crippen LogP contribution in [0.25, 0.3) is 11.1 Å². The third-order valence-corrected chi connectivity index (χ3v) is 3.43. The third kappa shape index (κ3) is 3.93. The van der Waals surface area contributed by atoms with Crippen molar-refractivity contribution >= 4 is 0 Å². The molecule has 2 rings (SSSR count). The molecule has 1 heteroatoms. The minimum absolute atomic E-state index is 0.208. The average Bonchev–Trinajstić information content (AvgIpc) is 2.46. The van der Waals surface area contributed by atoms with Crippen LogP contribution >= 0.6 is 0 Å². The molecule has 0 bridgehead atoms. The Kier molecular flexibility index (Phi) is 5.17. The number of aliphatic hydroxyl groups is 1. The van der Waals surface area contributed by atoms with Crippen molar-refractivity contribution in [2.75, 3.05) is 6.61 Å². The van der Waals surface area contributed by atoms with Gasteiger partial charge in [-0.3, -0.25) is 0 Å². The fraction of sp³-hybridized carbons (Fsp3) is 0.333. The van der Waals surface area contributed by atoms with E-state index in [-0.39, 0.29) is 6.61 Å². The molecule has 0 aromatic heterocycles. The van der Waals surface area contributed by atoms with Crippen molar-refractivity contribution in [2.45, 2.75) is 32.6 Å². The predicted octanol–water partition coefficient (Wildman–Crippen LogP) is 4.23. The van der Waals surface area contributed by atoms with Gasteiger partial charge < -0.3 is 5.11 Å². The molecule has 0 aliphatic carbocycles. The lowest BCUT2D eigenvalue weighted by atomic mass is 9.99. The van der Waals surface area contributed by atoms with E-state index in [2.05, 4.69) is 55.5 Å². The second-order valence-electron chi connectivity index (χ2n) is 4.97. The molecule has 2 aromatic carbocycles. The maximum atomic E-state index is 9.00. The van der Waals surface area contributed by atoms with E-state index >= 15 is 0 Å². The zero-order valence-corrected chi connectivity index (χ0v) is 11.6. The van der Waals surface area contributed by atoms with Gasteiger partial charge in [0.25, 0.3) is 0 Å². The zero-order valence-electron chi connectivity index (χ0n) is 11.6. The number of hydrogen-bond acceptors (Lipinski definition) is 1. The number of unbranched alkanes of at least 4 members (excludes halogenated alkanes) is 1. The van der Waals surface area contributed by atoms with Crippen LogP contribution in [0.2, 0.25) is 0 Å². The molecule has 0 unspecified atom stereocenters. The molecule has 0 atom stereocenters. The van der Waals surface area contributed by atoms with Crippen LogP contribution < -0.4 is 0 Å². The van der Waals surface area contributed by atoms with E-state index in [1.165, 1.54) is 41.5 Å². The first-order valence-corrected chi connectivity index (χ1v) is 7.12. The number of hydrogen-bond donors (Lipinski definition) is 1. The SMILES string of the molecule is CCCCc1ccc(-c2cccc(CCO)c2)cc1. The molecule has 0 saturated heterocycles. The maximum absolute atomic E-state index is 9.00. The first-order chi connectivity index (χ1) is 9.33. The molecule has 0 heterocycles. The molecule has 0 saturated carbocycles. The number of rotatable bonds is 6. The van der Waals surface area contributed by atoms with Crippen molar-refractivity contribution in [3.05, 3.63) is 59.7 Å². The van der Waals surface area contributed by atoms with Crippen molar-refractivity contribution in [1.82, 2.24) is 0 Å². The summed E-state index contributed by atoms with van der Waals surface area (Å²) in [5.41, 5.74) is 5.08. The lowest BCUT2D eigenvalue weighted by molar-refractivity contribution is 0.299. The van der Waals surface area contributed by atoms with Crippen molar-refractivity contribution in [3.63, 3.8) is 0 Å². The molecule has 1 N–H and O–H groups in total. The lowest BCUT2D eigenvalue weighted by Crippen LogP contribution is -1.91. The smallest absolute Gasteiger partial charge is 0.0471 e. The van der Waals surface area contributed by atoms with Gasteiger partial charge in [0.15, 0.2) is 0 Å². The summed E-state index contributed by atoms with van der Waals surface area (Å²) in [4.78, 5) is 0. The molecular weight excluding hydrogens is 232 g/mol. The first-order valence-electron chi connectivity index (χ1n) is 7.12. The molecule has 0 aliphatic rings. The number of benzene rings is 2. The van der Waals surface area contributed by atoms with Crippen LogP contribution in [0.5, 0.6) is 0 Å². The highest BCUT2D eigenvalue weighted by Gasteiger charge is 2.00. The summed E-state index contributed by atoms with van der Waals surface area (Å²) in [5, 5.41) is 9.00. The summed E-state index contributed by atoms with van der Waals surface area (Å²) in [6, 6.07) is 17.3. The minimum Gasteiger partial charge on any atom is -0.396 e. The Morgan fingerprint density at radius 3 is 2.32 bits per heavy atom. The summed E-state index contributed by atoms with van der Waals surface area (Å²) in [6.45, 7) is 2.43. The Morgan fingerprint density at radius 1 is 0.842 bits per heavy atom. The topological polar surface area (TPSA) is 20.2 Å². The molecule has 2 aromatic rings. The van der Waals surface area contributed by atoms with E-state index in [0.29, 0.717) is 0 Å². The van der Waals surface area contributed by atoms with Crippen LogP contribution in [0.3, 0.4) is 0 Å². The van der Waals surface area contributed by atoms with Crippen LogP contribution in [-0.4, -0.2) is 11.7 Å². The van der Waals surface area contributed by atoms with Crippen LogP contribution in [0, 0.1) is 0 Å². The molecule has 1 nitrogen and oxygen atoms in total. The van der Waals surface area contributed by atoms with E-state index in [9.17, 15) is 0 Å². The standard InChI is InChI=1S/C18H22O/c1-2-3-5-15-8-10-17(11-9-15)18-7-4-6-16(14-18)12-13-19/h4,6-11,14,19H,2-3,5,12-13H2,1H3. The Bertz CT molecular complexity index is 499. The lowest BCUT2D eigenvalue weighted by Gasteiger charge is -2.06. The number of aliphatic hydroxyl groups excluding tert-OH is 1. The highest BCUT2D eigenvalue weighted by Crippen LogP contribution is 2.21. The summed E-state index contributed by atoms with van der Waals surface area (Å²) >= 11 is 0. The first kappa shape index (κ1) is 13.8. The quantitative estimate of drug-likeness (QED) is 0.818. The molecule has 19 heavy (non-hydrogen) atoms. The Morgan fingerprint density at radius 2 is 1.63 bits per heavy atom. The van der Waals surface area contributed by atoms with Gasteiger partial charge in [0.05, 0.1) is 0 Å². The molecular formula is C18H22O. The molecule has 0 spiro atoms. The van der Waals surface area contributed by atoms with Gasteiger partial charge in [-0.1, -0.05) is 61.9 Å². The van der Waals surface area contributed by atoms with E-state index in [0.717, 1.165) is 6.42 Å². The van der Waals surface area contributed by atoms with Gasteiger partial charge in [-0.25, -0.2) is 0 Å². The maximum Gasteiger partial charge on any atom is 0.0471 e. The predicted molar refractivity (Wildman–Crippen MR) is 81.3 cm³/mol. The molecule has 100 valence electrons. The van der Waals surface area contributed by atoms with E-state index in [4.69, 9.17) is 5.11 Å². The molecule has 0 amide bonds. The van der Waals surface area contributed by atoms with Crippen molar-refractivity contribution in [2.24, 2.45) is 0 Å². The number of aryl methyl sites for hydroxylation is 1. The highest BCUT2D eigenvalue weighted by atomic mass is 16.2. The summed E-state index contributed by atoms with van der Waals surface area (Å²) in [7, 11) is 0. The van der Waals surface area contributed by atoms with Gasteiger partial charge in [0.2, 0.25) is 0 Å². The summed E-state index contributed by atoms with van der Waals surface area (Å²) in [6.07, 6.45) is 4.39. The third-order valence-electron chi connectivity index (χ3n) is 3.43. The van der Waals surface area contributed by atoms with Gasteiger partial charge >= 0.3 is 0 Å². The van der Waals surface area contributed by atoms with Gasteiger partial charge in [0.1, 0.15) is 0 Å². The summed E-state index contributed by atoms with van der Waals surface area (Å²) in [5.74, 6) is 0. The Balaban J connectivity index is 2.14. The van der Waals surface area contributed by atoms with Crippen molar-refractivity contribution < 1.29 is 5.11 Å². The zero-order chi connectivity index (χ0) is 13.5. The highest BCUT2D eigenvalue weighted by molar-refractivity contribution is 5.64. The molecule has 0 fully saturated rings. The average molecular weight is 254 g/mol. The van der Waals surface area contributed by atoms with E-state index in [1.807, 2.05) is 0 Å². The minimum atomic E-state index is 0.208. The monoisotopic (exact) mass is 254 g/mol. The molecule has 0 radical (unpaired) electrons. The second-order valence-corrected chi connectivity index (χ2v) is 4.97. The summed E-state index contributed by atoms with van der Waals surface area (Å²) < 4.78 is 0. The second kappa shape index (κ2) is 7.10. The van der Waals surface area contributed by atoms with Crippen LogP contribution in [0.4, 0.5) is 0 Å². The van der Waals surface area contributed by atoms with Crippen molar-refractivity contribution in [1.29, 1.82) is 0 Å². The Labute approximate surface area is 115 Å². The van der Waals surface area contributed by atoms with Gasteiger partial charge in [0, 0.05) is 6.61 Å². The fourth-order valence-corrected chi connectivity index (χ4v) is 2.28. The van der Waals surface area contributed by atoms with Gasteiger partial charge in [-0.2, -0.15) is 0 Å². The van der Waals surface area contributed by atoms with E-state index < -0.39 is 0 Å².